The Kier molecular flexibility index (Phi) is 19.0. The van der Waals surface area contributed by atoms with Crippen LogP contribution in [0.15, 0.2) is 0 Å². The van der Waals surface area contributed by atoms with Gasteiger partial charge in [-0.25, -0.2) is 0 Å². The number of rotatable bonds is 13. The first-order valence-electron chi connectivity index (χ1n) is 9.16. The highest BCUT2D eigenvalue weighted by Crippen LogP contribution is 2.09. The van der Waals surface area contributed by atoms with Gasteiger partial charge in [0.05, 0.1) is 6.10 Å². The van der Waals surface area contributed by atoms with E-state index in [9.17, 15) is 9.59 Å². The van der Waals surface area contributed by atoms with Crippen molar-refractivity contribution < 1.29 is 19.8 Å². The van der Waals surface area contributed by atoms with Crippen LogP contribution in [0, 0.1) is 5.92 Å². The Morgan fingerprint density at radius 1 is 0.958 bits per heavy atom. The van der Waals surface area contributed by atoms with Gasteiger partial charge in [-0.05, 0) is 32.1 Å². The first-order chi connectivity index (χ1) is 11.3. The predicted molar refractivity (Wildman–Crippen MR) is 97.8 cm³/mol. The van der Waals surface area contributed by atoms with Gasteiger partial charge in [0, 0.05) is 25.9 Å². The highest BCUT2D eigenvalue weighted by Gasteiger charge is 2.01. The molecule has 144 valence electrons. The molecular weight excluding hydrogens is 308 g/mol. The van der Waals surface area contributed by atoms with Crippen LogP contribution in [-0.2, 0) is 9.59 Å². The molecule has 0 saturated carbocycles. The van der Waals surface area contributed by atoms with Crippen molar-refractivity contribution >= 4 is 11.9 Å². The fraction of sp³-hybridized carbons (Fsp3) is 0.889. The van der Waals surface area contributed by atoms with Crippen LogP contribution in [0.4, 0.5) is 0 Å². The molecule has 6 heteroatoms. The largest absolute Gasteiger partial charge is 0.481 e. The molecule has 6 nitrogen and oxygen atoms in total. The molecule has 1 atom stereocenters. The summed E-state index contributed by atoms with van der Waals surface area (Å²) in [5, 5.41) is 19.6. The zero-order chi connectivity index (χ0) is 18.8. The molecule has 0 aromatic heterocycles. The van der Waals surface area contributed by atoms with E-state index in [-0.39, 0.29) is 18.4 Å². The van der Waals surface area contributed by atoms with Crippen LogP contribution in [0.3, 0.4) is 0 Å². The molecule has 0 aromatic rings. The van der Waals surface area contributed by atoms with E-state index in [0.717, 1.165) is 31.6 Å². The zero-order valence-electron chi connectivity index (χ0n) is 15.7. The molecule has 0 radical (unpaired) electrons. The number of aliphatic hydroxyl groups is 1. The minimum Gasteiger partial charge on any atom is -0.481 e. The van der Waals surface area contributed by atoms with Crippen LogP contribution in [0.1, 0.15) is 78.6 Å². The Labute approximate surface area is 147 Å². The highest BCUT2D eigenvalue weighted by atomic mass is 16.4. The molecule has 0 rings (SSSR count). The normalized spacial score (nSPS) is 11.6. The monoisotopic (exact) mass is 346 g/mol. The Balaban J connectivity index is 0. The maximum Gasteiger partial charge on any atom is 0.303 e. The average molecular weight is 347 g/mol. The van der Waals surface area contributed by atoms with Crippen molar-refractivity contribution in [3.63, 3.8) is 0 Å². The molecule has 1 unspecified atom stereocenters. The van der Waals surface area contributed by atoms with Crippen molar-refractivity contribution in [1.82, 2.24) is 5.32 Å². The number of aliphatic carboxylic acids is 1. The van der Waals surface area contributed by atoms with E-state index < -0.39 is 5.97 Å². The second-order valence-electron chi connectivity index (χ2n) is 6.63. The molecule has 24 heavy (non-hydrogen) atoms. The number of amides is 1. The SMILES string of the molecule is CC(C)CCCCCC(=O)NCCCCCC(=O)O.CC(O)CN. The predicted octanol–water partition coefficient (Wildman–Crippen LogP) is 2.68. The molecule has 0 fully saturated rings. The van der Waals surface area contributed by atoms with Gasteiger partial charge in [0.1, 0.15) is 0 Å². The molecule has 0 bridgehead atoms. The molecule has 1 amide bonds. The Bertz CT molecular complexity index is 307. The lowest BCUT2D eigenvalue weighted by Crippen LogP contribution is -2.24. The van der Waals surface area contributed by atoms with Gasteiger partial charge in [0.2, 0.25) is 5.91 Å². The van der Waals surface area contributed by atoms with E-state index in [1.54, 1.807) is 6.92 Å². The van der Waals surface area contributed by atoms with Gasteiger partial charge >= 0.3 is 5.97 Å². The molecule has 0 aliphatic carbocycles. The third-order valence-corrected chi connectivity index (χ3v) is 3.42. The summed E-state index contributed by atoms with van der Waals surface area (Å²) in [5.41, 5.74) is 4.92. The van der Waals surface area contributed by atoms with Gasteiger partial charge in [-0.2, -0.15) is 0 Å². The van der Waals surface area contributed by atoms with Crippen LogP contribution in [0.25, 0.3) is 0 Å². The van der Waals surface area contributed by atoms with Crippen LogP contribution >= 0.6 is 0 Å². The fourth-order valence-corrected chi connectivity index (χ4v) is 1.91. The summed E-state index contributed by atoms with van der Waals surface area (Å²) in [6, 6.07) is 0. The number of carboxylic acid groups (broad SMARTS) is 1. The van der Waals surface area contributed by atoms with Crippen molar-refractivity contribution in [3.05, 3.63) is 0 Å². The number of carbonyl (C=O) groups is 2. The minimum atomic E-state index is -0.745. The standard InChI is InChI=1S/C15H29NO3.C3H9NO/c1-13(2)9-5-3-6-10-14(17)16-12-8-4-7-11-15(18)19;1-3(5)2-4/h13H,3-12H2,1-2H3,(H,16,17)(H,18,19);3,5H,2,4H2,1H3. The second-order valence-corrected chi connectivity index (χ2v) is 6.63. The number of hydrogen-bond acceptors (Lipinski definition) is 4. The smallest absolute Gasteiger partial charge is 0.303 e. The van der Waals surface area contributed by atoms with Crippen molar-refractivity contribution in [2.24, 2.45) is 11.7 Å². The zero-order valence-corrected chi connectivity index (χ0v) is 15.7. The summed E-state index contributed by atoms with van der Waals surface area (Å²) in [7, 11) is 0. The number of hydrogen-bond donors (Lipinski definition) is 4. The Morgan fingerprint density at radius 3 is 2.00 bits per heavy atom. The lowest BCUT2D eigenvalue weighted by molar-refractivity contribution is -0.137. The second kappa shape index (κ2) is 18.2. The van der Waals surface area contributed by atoms with Crippen molar-refractivity contribution in [2.45, 2.75) is 84.7 Å². The molecule has 5 N–H and O–H groups in total. The molecule has 0 saturated heterocycles. The van der Waals surface area contributed by atoms with Crippen LogP contribution in [-0.4, -0.2) is 41.3 Å². The van der Waals surface area contributed by atoms with E-state index >= 15 is 0 Å². The number of carbonyl (C=O) groups excluding carboxylic acids is 1. The number of nitrogens with one attached hydrogen (secondary N) is 1. The molecule has 0 spiro atoms. The Morgan fingerprint density at radius 2 is 1.50 bits per heavy atom. The van der Waals surface area contributed by atoms with Gasteiger partial charge in [-0.15, -0.1) is 0 Å². The average Bonchev–Trinajstić information content (AvgIpc) is 2.50. The van der Waals surface area contributed by atoms with E-state index in [1.807, 2.05) is 0 Å². The third kappa shape index (κ3) is 25.8. The van der Waals surface area contributed by atoms with Crippen molar-refractivity contribution in [2.75, 3.05) is 13.1 Å². The van der Waals surface area contributed by atoms with Crippen molar-refractivity contribution in [1.29, 1.82) is 0 Å². The van der Waals surface area contributed by atoms with E-state index in [0.29, 0.717) is 25.9 Å². The summed E-state index contributed by atoms with van der Waals surface area (Å²) >= 11 is 0. The number of aliphatic hydroxyl groups excluding tert-OH is 1. The molecule has 0 aliphatic heterocycles. The quantitative estimate of drug-likeness (QED) is 0.383. The molecule has 0 aromatic carbocycles. The van der Waals surface area contributed by atoms with Crippen LogP contribution < -0.4 is 11.1 Å². The van der Waals surface area contributed by atoms with Gasteiger partial charge < -0.3 is 21.3 Å². The molecular formula is C18H38N2O4. The third-order valence-electron chi connectivity index (χ3n) is 3.42. The summed E-state index contributed by atoms with van der Waals surface area (Å²) in [5.74, 6) is 0.132. The fourth-order valence-electron chi connectivity index (χ4n) is 1.91. The van der Waals surface area contributed by atoms with E-state index in [4.69, 9.17) is 15.9 Å². The number of carboxylic acids is 1. The molecule has 0 aliphatic rings. The van der Waals surface area contributed by atoms with E-state index in [2.05, 4.69) is 19.2 Å². The maximum absolute atomic E-state index is 11.5. The lowest BCUT2D eigenvalue weighted by atomic mass is 10.0. The maximum atomic E-state index is 11.5. The van der Waals surface area contributed by atoms with Gasteiger partial charge in [0.25, 0.3) is 0 Å². The number of nitrogens with two attached hydrogens (primary N) is 1. The molecule has 0 heterocycles. The topological polar surface area (TPSA) is 113 Å². The van der Waals surface area contributed by atoms with E-state index in [1.165, 1.54) is 12.8 Å². The summed E-state index contributed by atoms with van der Waals surface area (Å²) in [6.07, 6.45) is 7.48. The van der Waals surface area contributed by atoms with Crippen LogP contribution in [0.5, 0.6) is 0 Å². The highest BCUT2D eigenvalue weighted by molar-refractivity contribution is 5.75. The first kappa shape index (κ1) is 25.1. The van der Waals surface area contributed by atoms with Gasteiger partial charge in [0.15, 0.2) is 0 Å². The summed E-state index contributed by atoms with van der Waals surface area (Å²) in [4.78, 5) is 21.8. The Hall–Kier alpha value is -1.14. The number of unbranched alkanes of at least 4 members (excludes halogenated alkanes) is 4. The van der Waals surface area contributed by atoms with Gasteiger partial charge in [-0.3, -0.25) is 9.59 Å². The first-order valence-corrected chi connectivity index (χ1v) is 9.16. The summed E-state index contributed by atoms with van der Waals surface area (Å²) in [6.45, 7) is 7.12. The van der Waals surface area contributed by atoms with Gasteiger partial charge in [-0.1, -0.05) is 39.5 Å². The summed E-state index contributed by atoms with van der Waals surface area (Å²) < 4.78 is 0. The van der Waals surface area contributed by atoms with Crippen molar-refractivity contribution in [3.8, 4) is 0 Å². The van der Waals surface area contributed by atoms with Crippen LogP contribution in [0.2, 0.25) is 0 Å². The lowest BCUT2D eigenvalue weighted by Gasteiger charge is -2.06. The minimum absolute atomic E-state index is 0.128.